The van der Waals surface area contributed by atoms with E-state index in [-0.39, 0.29) is 11.8 Å². The molecular weight excluding hydrogens is 346 g/mol. The molecule has 0 fully saturated rings. The molecule has 1 aliphatic rings. The van der Waals surface area contributed by atoms with Crippen molar-refractivity contribution >= 4 is 33.9 Å². The summed E-state index contributed by atoms with van der Waals surface area (Å²) >= 11 is 1.52. The molecule has 0 bridgehead atoms. The maximum Gasteiger partial charge on any atom is 0.274 e. The van der Waals surface area contributed by atoms with Gasteiger partial charge in [-0.05, 0) is 57.2 Å². The zero-order valence-corrected chi connectivity index (χ0v) is 15.9. The summed E-state index contributed by atoms with van der Waals surface area (Å²) in [4.78, 5) is 26.5. The quantitative estimate of drug-likeness (QED) is 0.476. The van der Waals surface area contributed by atoms with Crippen molar-refractivity contribution in [2.24, 2.45) is 5.10 Å². The fourth-order valence-electron chi connectivity index (χ4n) is 3.05. The summed E-state index contributed by atoms with van der Waals surface area (Å²) in [7, 11) is 0. The van der Waals surface area contributed by atoms with Crippen LogP contribution in [0.5, 0.6) is 0 Å². The molecular formula is C20H23N3O2S. The first-order valence-corrected chi connectivity index (χ1v) is 9.70. The average molecular weight is 369 g/mol. The van der Waals surface area contributed by atoms with E-state index in [2.05, 4.69) is 15.8 Å². The molecule has 0 atom stereocenters. The van der Waals surface area contributed by atoms with Crippen molar-refractivity contribution in [3.8, 4) is 0 Å². The number of amides is 2. The molecule has 0 radical (unpaired) electrons. The third-order valence-electron chi connectivity index (χ3n) is 4.29. The number of hydrazone groups is 1. The van der Waals surface area contributed by atoms with Gasteiger partial charge in [-0.25, -0.2) is 5.43 Å². The molecule has 0 unspecified atom stereocenters. The van der Waals surface area contributed by atoms with Crippen LogP contribution < -0.4 is 10.7 Å². The Kier molecular flexibility index (Phi) is 5.83. The summed E-state index contributed by atoms with van der Waals surface area (Å²) in [6.45, 7) is 3.65. The van der Waals surface area contributed by atoms with Gasteiger partial charge < -0.3 is 5.32 Å². The summed E-state index contributed by atoms with van der Waals surface area (Å²) in [5.41, 5.74) is 5.60. The van der Waals surface area contributed by atoms with Crippen LogP contribution in [0.3, 0.4) is 0 Å². The minimum absolute atomic E-state index is 0.203. The molecule has 1 aromatic heterocycles. The van der Waals surface area contributed by atoms with Crippen molar-refractivity contribution in [1.82, 2.24) is 5.43 Å². The lowest BCUT2D eigenvalue weighted by Gasteiger charge is -2.08. The smallest absolute Gasteiger partial charge is 0.274 e. The van der Waals surface area contributed by atoms with Crippen molar-refractivity contribution < 1.29 is 9.59 Å². The number of fused-ring (bicyclic) bond motifs is 1. The van der Waals surface area contributed by atoms with E-state index in [4.69, 9.17) is 0 Å². The van der Waals surface area contributed by atoms with Gasteiger partial charge in [0.1, 0.15) is 5.00 Å². The lowest BCUT2D eigenvalue weighted by atomic mass is 10.0. The predicted octanol–water partition coefficient (Wildman–Crippen LogP) is 4.39. The van der Waals surface area contributed by atoms with Gasteiger partial charge in [-0.2, -0.15) is 5.10 Å². The van der Waals surface area contributed by atoms with Gasteiger partial charge in [0.05, 0.1) is 5.56 Å². The zero-order chi connectivity index (χ0) is 18.5. The highest BCUT2D eigenvalue weighted by Crippen LogP contribution is 2.37. The Morgan fingerprint density at radius 1 is 1.00 bits per heavy atom. The van der Waals surface area contributed by atoms with Gasteiger partial charge >= 0.3 is 0 Å². The summed E-state index contributed by atoms with van der Waals surface area (Å²) < 4.78 is 0. The van der Waals surface area contributed by atoms with Crippen molar-refractivity contribution in [2.75, 3.05) is 5.32 Å². The number of anilines is 1. The maximum absolute atomic E-state index is 12.8. The molecule has 0 saturated carbocycles. The molecule has 0 saturated heterocycles. The van der Waals surface area contributed by atoms with E-state index in [0.717, 1.165) is 37.0 Å². The van der Waals surface area contributed by atoms with Crippen LogP contribution in [-0.4, -0.2) is 17.5 Å². The van der Waals surface area contributed by atoms with Crippen LogP contribution in [0, 0.1) is 0 Å². The minimum Gasteiger partial charge on any atom is -0.313 e. The summed E-state index contributed by atoms with van der Waals surface area (Å²) in [5, 5.41) is 7.60. The Morgan fingerprint density at radius 3 is 2.46 bits per heavy atom. The number of aryl methyl sites for hydroxylation is 1. The molecule has 2 aromatic rings. The molecule has 136 valence electrons. The number of nitrogens with zero attached hydrogens (tertiary/aromatic N) is 1. The normalized spacial score (nSPS) is 13.3. The highest BCUT2D eigenvalue weighted by molar-refractivity contribution is 7.17. The van der Waals surface area contributed by atoms with E-state index >= 15 is 0 Å². The van der Waals surface area contributed by atoms with Gasteiger partial charge in [-0.3, -0.25) is 9.59 Å². The lowest BCUT2D eigenvalue weighted by molar-refractivity contribution is 0.0955. The number of thiophene rings is 1. The second-order valence-corrected chi connectivity index (χ2v) is 7.69. The monoisotopic (exact) mass is 369 g/mol. The van der Waals surface area contributed by atoms with E-state index < -0.39 is 0 Å². The number of hydrogen-bond acceptors (Lipinski definition) is 4. The highest BCUT2D eigenvalue weighted by atomic mass is 32.1. The van der Waals surface area contributed by atoms with Crippen LogP contribution in [0.4, 0.5) is 5.00 Å². The van der Waals surface area contributed by atoms with Crippen molar-refractivity contribution in [2.45, 2.75) is 46.0 Å². The molecule has 0 aliphatic heterocycles. The molecule has 2 N–H and O–H groups in total. The fraction of sp³-hybridized carbons (Fsp3) is 0.350. The van der Waals surface area contributed by atoms with Crippen LogP contribution in [0.2, 0.25) is 0 Å². The van der Waals surface area contributed by atoms with Crippen molar-refractivity contribution in [1.29, 1.82) is 0 Å². The van der Waals surface area contributed by atoms with Crippen molar-refractivity contribution in [3.05, 3.63) is 51.9 Å². The summed E-state index contributed by atoms with van der Waals surface area (Å²) in [5.74, 6) is -0.458. The van der Waals surface area contributed by atoms with E-state index in [9.17, 15) is 9.59 Å². The molecule has 5 nitrogen and oxygen atoms in total. The number of carbonyl (C=O) groups is 2. The fourth-order valence-corrected chi connectivity index (χ4v) is 4.34. The number of carbonyl (C=O) groups excluding carboxylic acids is 2. The number of rotatable bonds is 4. The standard InChI is InChI=1S/C20H23N3O2S/c1-13(2)22-23-19(25)17-15-11-7-4-8-12-16(15)26-20(17)21-18(24)14-9-5-3-6-10-14/h3,5-6,9-10H,4,7-8,11-12H2,1-2H3,(H,21,24)(H,23,25). The Bertz CT molecular complexity index is 836. The molecule has 1 aliphatic carbocycles. The van der Waals surface area contributed by atoms with E-state index in [1.165, 1.54) is 22.6 Å². The molecule has 26 heavy (non-hydrogen) atoms. The largest absolute Gasteiger partial charge is 0.313 e. The maximum atomic E-state index is 12.8. The molecule has 0 spiro atoms. The van der Waals surface area contributed by atoms with Gasteiger partial charge in [-0.15, -0.1) is 11.3 Å². The minimum atomic E-state index is -0.256. The molecule has 3 rings (SSSR count). The molecule has 1 heterocycles. The van der Waals surface area contributed by atoms with Gasteiger partial charge in [0.15, 0.2) is 0 Å². The average Bonchev–Trinajstić information content (AvgIpc) is 2.81. The first kappa shape index (κ1) is 18.3. The predicted molar refractivity (Wildman–Crippen MR) is 106 cm³/mol. The third-order valence-corrected chi connectivity index (χ3v) is 5.50. The summed E-state index contributed by atoms with van der Waals surface area (Å²) in [6, 6.07) is 9.04. The van der Waals surface area contributed by atoms with Gasteiger partial charge in [-0.1, -0.05) is 24.6 Å². The van der Waals surface area contributed by atoms with E-state index in [1.807, 2.05) is 32.0 Å². The topological polar surface area (TPSA) is 70.6 Å². The number of nitrogens with one attached hydrogen (secondary N) is 2. The van der Waals surface area contributed by atoms with Crippen LogP contribution >= 0.6 is 11.3 Å². The number of hydrogen-bond donors (Lipinski definition) is 2. The third kappa shape index (κ3) is 4.19. The van der Waals surface area contributed by atoms with Crippen LogP contribution in [0.1, 0.15) is 64.3 Å². The second kappa shape index (κ2) is 8.27. The molecule has 2 amide bonds. The van der Waals surface area contributed by atoms with Gasteiger partial charge in [0.25, 0.3) is 11.8 Å². The van der Waals surface area contributed by atoms with E-state index in [0.29, 0.717) is 16.1 Å². The lowest BCUT2D eigenvalue weighted by Crippen LogP contribution is -2.22. The molecule has 1 aromatic carbocycles. The van der Waals surface area contributed by atoms with Gasteiger partial charge in [0, 0.05) is 16.2 Å². The van der Waals surface area contributed by atoms with Gasteiger partial charge in [0.2, 0.25) is 0 Å². The van der Waals surface area contributed by atoms with Crippen LogP contribution in [0.25, 0.3) is 0 Å². The number of benzene rings is 1. The first-order valence-electron chi connectivity index (χ1n) is 8.88. The SMILES string of the molecule is CC(C)=NNC(=O)c1c(NC(=O)c2ccccc2)sc2c1CCCCC2. The Balaban J connectivity index is 1.94. The van der Waals surface area contributed by atoms with Crippen molar-refractivity contribution in [3.63, 3.8) is 0 Å². The molecule has 6 heteroatoms. The second-order valence-electron chi connectivity index (χ2n) is 6.59. The highest BCUT2D eigenvalue weighted by Gasteiger charge is 2.25. The first-order chi connectivity index (χ1) is 12.6. The van der Waals surface area contributed by atoms with Crippen LogP contribution in [0.15, 0.2) is 35.4 Å². The Morgan fingerprint density at radius 2 is 1.73 bits per heavy atom. The Hall–Kier alpha value is -2.47. The Labute approximate surface area is 157 Å². The zero-order valence-electron chi connectivity index (χ0n) is 15.1. The van der Waals surface area contributed by atoms with E-state index in [1.54, 1.807) is 12.1 Å². The summed E-state index contributed by atoms with van der Waals surface area (Å²) in [6.07, 6.45) is 5.17. The van der Waals surface area contributed by atoms with Crippen LogP contribution in [-0.2, 0) is 12.8 Å².